The Morgan fingerprint density at radius 3 is 1.52 bits per heavy atom. The Labute approximate surface area is 204 Å². The van der Waals surface area contributed by atoms with Crippen LogP contribution in [0.5, 0.6) is 0 Å². The van der Waals surface area contributed by atoms with Crippen LogP contribution in [-0.4, -0.2) is 0 Å². The van der Waals surface area contributed by atoms with E-state index in [4.69, 9.17) is 0 Å². The summed E-state index contributed by atoms with van der Waals surface area (Å²) in [5, 5.41) is 7.99. The zero-order valence-corrected chi connectivity index (χ0v) is 22.8. The van der Waals surface area contributed by atoms with E-state index in [9.17, 15) is 0 Å². The number of benzene rings is 2. The van der Waals surface area contributed by atoms with Crippen LogP contribution in [0.3, 0.4) is 0 Å². The Bertz CT molecular complexity index is 1090. The van der Waals surface area contributed by atoms with Crippen molar-refractivity contribution in [1.29, 1.82) is 0 Å². The van der Waals surface area contributed by atoms with E-state index in [-0.39, 0.29) is 32.3 Å². The van der Waals surface area contributed by atoms with Gasteiger partial charge in [-0.25, -0.2) is 0 Å². The van der Waals surface area contributed by atoms with E-state index in [2.05, 4.69) is 88.4 Å². The molecule has 0 radical (unpaired) electrons. The van der Waals surface area contributed by atoms with Crippen LogP contribution >= 0.6 is 15.7 Å². The second-order valence-corrected chi connectivity index (χ2v) is 12.0. The van der Waals surface area contributed by atoms with Crippen molar-refractivity contribution in [2.24, 2.45) is 0 Å². The van der Waals surface area contributed by atoms with Crippen molar-refractivity contribution in [1.82, 2.24) is 0 Å². The molecule has 0 saturated heterocycles. The summed E-state index contributed by atoms with van der Waals surface area (Å²) in [5.41, 5.74) is 5.83. The van der Waals surface area contributed by atoms with E-state index in [1.54, 1.807) is 29.8 Å². The summed E-state index contributed by atoms with van der Waals surface area (Å²) in [6.45, 7) is 9.34. The molecule has 0 aliphatic heterocycles. The van der Waals surface area contributed by atoms with Gasteiger partial charge in [-0.3, -0.25) is 0 Å². The Hall–Kier alpha value is -0.537. The molecule has 0 aliphatic carbocycles. The Balaban J connectivity index is 0.00000150. The van der Waals surface area contributed by atoms with Crippen LogP contribution in [0, 0.1) is 27.7 Å². The van der Waals surface area contributed by atoms with Crippen LogP contribution < -0.4 is 28.1 Å². The molecule has 0 amide bonds. The van der Waals surface area contributed by atoms with E-state index in [1.165, 1.54) is 47.0 Å². The van der Waals surface area contributed by atoms with Crippen LogP contribution in [0.4, 0.5) is 0 Å². The molecule has 0 N–H and O–H groups in total. The van der Waals surface area contributed by atoms with Crippen molar-refractivity contribution in [3.8, 4) is 27.0 Å². The van der Waals surface area contributed by atoms with Gasteiger partial charge in [-0.15, -0.1) is 0 Å². The van der Waals surface area contributed by atoms with Crippen molar-refractivity contribution in [2.45, 2.75) is 27.7 Å². The van der Waals surface area contributed by atoms with Gasteiger partial charge in [0.05, 0.1) is 0 Å². The third-order valence-electron chi connectivity index (χ3n) is 5.64. The molecule has 0 bridgehead atoms. The van der Waals surface area contributed by atoms with Crippen molar-refractivity contribution in [2.75, 3.05) is 0 Å². The number of halogens is 2. The summed E-state index contributed by atoms with van der Waals surface area (Å²) < 4.78 is 1.60. The standard InChI is InChI=1S/C24H23P2.2ClH.Zr/c1-16-17(2)19(4)26(18(16)3)23-15-22(20-11-7-5-8-12-20)25-24(23)21-13-9-6-10-14-21;;;/h5-14,25H,1-4H3;2*1H;/q;;;+2/p-2. The normalized spacial score (nSPS) is 10.7. The molecule has 1 unspecified atom stereocenters. The maximum Gasteiger partial charge on any atom is -1.00 e. The molecule has 1 atom stereocenters. The van der Waals surface area contributed by atoms with Crippen molar-refractivity contribution in [3.05, 3.63) is 82.4 Å². The van der Waals surface area contributed by atoms with Crippen molar-refractivity contribution in [3.63, 3.8) is 0 Å². The maximum atomic E-state index is 2.36. The van der Waals surface area contributed by atoms with Gasteiger partial charge in [-0.1, -0.05) is 0 Å². The molecular weight excluding hydrogens is 512 g/mol. The fourth-order valence-electron chi connectivity index (χ4n) is 3.81. The van der Waals surface area contributed by atoms with Gasteiger partial charge < -0.3 is 24.8 Å². The van der Waals surface area contributed by atoms with Crippen LogP contribution in [0.1, 0.15) is 21.7 Å². The molecule has 4 aromatic rings. The average molecular weight is 536 g/mol. The van der Waals surface area contributed by atoms with E-state index >= 15 is 0 Å². The van der Waals surface area contributed by atoms with Crippen LogP contribution in [-0.2, 0) is 24.7 Å². The number of hydrogen-bond acceptors (Lipinski definition) is 0. The third-order valence-corrected chi connectivity index (χ3v) is 12.7. The first-order valence-corrected chi connectivity index (χ1v) is 12.8. The summed E-state index contributed by atoms with van der Waals surface area (Å²) in [6, 6.07) is 22.1. The molecule has 0 aliphatic rings. The van der Waals surface area contributed by atoms with Gasteiger partial charge in [0, 0.05) is 0 Å². The fraction of sp³-hybridized carbons (Fsp3) is 0.167. The minimum Gasteiger partial charge on any atom is -1.00 e. The van der Waals surface area contributed by atoms with Crippen molar-refractivity contribution < 1.29 is 49.5 Å². The first-order chi connectivity index (χ1) is 13.0. The molecule has 29 heavy (non-hydrogen) atoms. The monoisotopic (exact) mass is 533 g/mol. The Kier molecular flexibility index (Phi) is 8.68. The SMILES string of the molecule is Cc1c(C)c(C)p(-c2c(-c3ccccc3)[pH]c(-c3ccccc3)[c]2[Zr+2])c1C.[Cl-].[Cl-]. The maximum absolute atomic E-state index is 2.36. The average Bonchev–Trinajstić information content (AvgIpc) is 3.13. The first-order valence-electron chi connectivity index (χ1n) is 9.24. The van der Waals surface area contributed by atoms with E-state index in [1.807, 2.05) is 0 Å². The largest absolute Gasteiger partial charge is 1.00 e. The Morgan fingerprint density at radius 2 is 1.07 bits per heavy atom. The smallest absolute Gasteiger partial charge is 1.00 e. The molecule has 5 heteroatoms. The van der Waals surface area contributed by atoms with Crippen LogP contribution in [0.25, 0.3) is 27.0 Å². The molecule has 0 fully saturated rings. The molecule has 0 nitrogen and oxygen atoms in total. The molecular formula is C24H23Cl2P2Zr. The second kappa shape index (κ2) is 10.2. The number of rotatable bonds is 3. The topological polar surface area (TPSA) is 0 Å². The summed E-state index contributed by atoms with van der Waals surface area (Å²) in [6.07, 6.45) is 0. The minimum absolute atomic E-state index is 0. The predicted octanol–water partition coefficient (Wildman–Crippen LogP) is 1.44. The predicted molar refractivity (Wildman–Crippen MR) is 119 cm³/mol. The van der Waals surface area contributed by atoms with Gasteiger partial charge in [-0.05, 0) is 0 Å². The number of hydrogen-bond donors (Lipinski definition) is 0. The summed E-state index contributed by atoms with van der Waals surface area (Å²) in [4.78, 5) is 0. The molecule has 2 aromatic heterocycles. The third kappa shape index (κ3) is 4.42. The zero-order chi connectivity index (χ0) is 19.1. The van der Waals surface area contributed by atoms with Gasteiger partial charge in [0.25, 0.3) is 0 Å². The van der Waals surface area contributed by atoms with Gasteiger partial charge >= 0.3 is 181 Å². The van der Waals surface area contributed by atoms with Crippen LogP contribution in [0.15, 0.2) is 60.7 Å². The van der Waals surface area contributed by atoms with E-state index in [0.29, 0.717) is 0 Å². The molecule has 2 heterocycles. The van der Waals surface area contributed by atoms with Crippen molar-refractivity contribution >= 4 is 19.0 Å². The Morgan fingerprint density at radius 1 is 0.655 bits per heavy atom. The van der Waals surface area contributed by atoms with Gasteiger partial charge in [0.2, 0.25) is 0 Å². The van der Waals surface area contributed by atoms with E-state index in [0.717, 1.165) is 8.19 Å². The second-order valence-electron chi connectivity index (χ2n) is 7.09. The summed E-state index contributed by atoms with van der Waals surface area (Å²) >= 11 is 1.54. The molecule has 147 valence electrons. The quantitative estimate of drug-likeness (QED) is 0.373. The van der Waals surface area contributed by atoms with Gasteiger partial charge in [0.1, 0.15) is 0 Å². The van der Waals surface area contributed by atoms with Gasteiger partial charge in [0.15, 0.2) is 0 Å². The van der Waals surface area contributed by atoms with Crippen LogP contribution in [0.2, 0.25) is 0 Å². The van der Waals surface area contributed by atoms with Gasteiger partial charge in [-0.2, -0.15) is 0 Å². The molecule has 0 saturated carbocycles. The fourth-order valence-corrected chi connectivity index (χ4v) is 10.9. The zero-order valence-electron chi connectivity index (χ0n) is 17.0. The minimum atomic E-state index is -0.356. The molecule has 4 rings (SSSR count). The van der Waals surface area contributed by atoms with E-state index < -0.39 is 0 Å². The summed E-state index contributed by atoms with van der Waals surface area (Å²) in [5.74, 6) is 0. The molecule has 0 spiro atoms. The summed E-state index contributed by atoms with van der Waals surface area (Å²) in [7, 11) is 0.393. The molecule has 2 aromatic carbocycles. The first kappa shape index (κ1) is 24.7.